The fraction of sp³-hybridized carbons (Fsp3) is 0.263. The summed E-state index contributed by atoms with van der Waals surface area (Å²) >= 11 is 0. The maximum atomic E-state index is 5.83. The van der Waals surface area contributed by atoms with Crippen LogP contribution >= 0.6 is 0 Å². The van der Waals surface area contributed by atoms with Gasteiger partial charge in [-0.1, -0.05) is 11.2 Å². The highest BCUT2D eigenvalue weighted by Gasteiger charge is 2.19. The molecule has 0 fully saturated rings. The number of nitrogens with zero attached hydrogens (tertiary/aromatic N) is 2. The van der Waals surface area contributed by atoms with Crippen molar-refractivity contribution in [3.05, 3.63) is 65.7 Å². The van der Waals surface area contributed by atoms with Gasteiger partial charge in [0.05, 0.1) is 0 Å². The van der Waals surface area contributed by atoms with E-state index in [0.29, 0.717) is 12.5 Å². The van der Waals surface area contributed by atoms with Crippen molar-refractivity contribution in [1.29, 1.82) is 0 Å². The standard InChI is InChI=1S/C19H18N2O3/c1-2-6-18-16(5-1)17(21-24-18)13-22-14-8-10-15(11-9-14)23-19-7-3-4-12-20-19/h3-4,7-12H,1-2,5-6,13H2. The van der Waals surface area contributed by atoms with Crippen LogP contribution in [0.1, 0.15) is 29.9 Å². The highest BCUT2D eigenvalue weighted by Crippen LogP contribution is 2.26. The summed E-state index contributed by atoms with van der Waals surface area (Å²) in [7, 11) is 0. The van der Waals surface area contributed by atoms with Crippen LogP contribution in [0.15, 0.2) is 53.2 Å². The van der Waals surface area contributed by atoms with E-state index in [1.165, 1.54) is 18.4 Å². The molecule has 1 aromatic carbocycles. The normalized spacial score (nSPS) is 13.3. The SMILES string of the molecule is c1ccc(Oc2ccc(OCc3noc4c3CCCC4)cc2)nc1. The molecule has 4 rings (SSSR count). The van der Waals surface area contributed by atoms with Gasteiger partial charge in [-0.15, -0.1) is 0 Å². The van der Waals surface area contributed by atoms with E-state index in [4.69, 9.17) is 14.0 Å². The Balaban J connectivity index is 1.38. The van der Waals surface area contributed by atoms with Gasteiger partial charge in [0, 0.05) is 24.2 Å². The van der Waals surface area contributed by atoms with Crippen molar-refractivity contribution in [2.45, 2.75) is 32.3 Å². The summed E-state index contributed by atoms with van der Waals surface area (Å²) in [5, 5.41) is 4.15. The molecule has 0 N–H and O–H groups in total. The molecule has 0 spiro atoms. The molecular weight excluding hydrogens is 304 g/mol. The number of benzene rings is 1. The first-order valence-corrected chi connectivity index (χ1v) is 8.16. The molecule has 1 aliphatic carbocycles. The van der Waals surface area contributed by atoms with Crippen molar-refractivity contribution in [2.24, 2.45) is 0 Å². The number of rotatable bonds is 5. The molecule has 122 valence electrons. The van der Waals surface area contributed by atoms with Crippen LogP contribution in [0.5, 0.6) is 17.4 Å². The Morgan fingerprint density at radius 2 is 1.79 bits per heavy atom. The van der Waals surface area contributed by atoms with E-state index < -0.39 is 0 Å². The quantitative estimate of drug-likeness (QED) is 0.700. The van der Waals surface area contributed by atoms with Gasteiger partial charge < -0.3 is 14.0 Å². The lowest BCUT2D eigenvalue weighted by Gasteiger charge is -2.10. The molecule has 0 unspecified atom stereocenters. The van der Waals surface area contributed by atoms with Crippen molar-refractivity contribution in [3.8, 4) is 17.4 Å². The average molecular weight is 322 g/mol. The molecule has 0 amide bonds. The molecule has 0 radical (unpaired) electrons. The second-order valence-electron chi connectivity index (χ2n) is 5.77. The summed E-state index contributed by atoms with van der Waals surface area (Å²) in [5.74, 6) is 3.09. The summed E-state index contributed by atoms with van der Waals surface area (Å²) in [6, 6.07) is 13.0. The van der Waals surface area contributed by atoms with Crippen LogP contribution in [0.2, 0.25) is 0 Å². The molecule has 5 nitrogen and oxygen atoms in total. The fourth-order valence-corrected chi connectivity index (χ4v) is 2.85. The van der Waals surface area contributed by atoms with Crippen LogP contribution < -0.4 is 9.47 Å². The number of hydrogen-bond acceptors (Lipinski definition) is 5. The second kappa shape index (κ2) is 6.74. The Hall–Kier alpha value is -2.82. The number of hydrogen-bond donors (Lipinski definition) is 0. The Labute approximate surface area is 140 Å². The van der Waals surface area contributed by atoms with Crippen molar-refractivity contribution in [2.75, 3.05) is 0 Å². The Kier molecular flexibility index (Phi) is 4.14. The van der Waals surface area contributed by atoms with Crippen molar-refractivity contribution < 1.29 is 14.0 Å². The summed E-state index contributed by atoms with van der Waals surface area (Å²) in [4.78, 5) is 4.14. The van der Waals surface area contributed by atoms with Crippen molar-refractivity contribution >= 4 is 0 Å². The number of aryl methyl sites for hydroxylation is 1. The highest BCUT2D eigenvalue weighted by molar-refractivity contribution is 5.34. The molecule has 1 aliphatic rings. The van der Waals surface area contributed by atoms with Crippen LogP contribution in [-0.2, 0) is 19.4 Å². The Bertz CT molecular complexity index is 797. The fourth-order valence-electron chi connectivity index (χ4n) is 2.85. The zero-order chi connectivity index (χ0) is 16.2. The average Bonchev–Trinajstić information content (AvgIpc) is 3.05. The topological polar surface area (TPSA) is 57.4 Å². The van der Waals surface area contributed by atoms with E-state index in [1.54, 1.807) is 6.20 Å². The first kappa shape index (κ1) is 14.8. The maximum Gasteiger partial charge on any atom is 0.219 e. The van der Waals surface area contributed by atoms with E-state index in [2.05, 4.69) is 10.1 Å². The van der Waals surface area contributed by atoms with Gasteiger partial charge in [-0.05, 0) is 49.6 Å². The molecule has 0 saturated carbocycles. The Morgan fingerprint density at radius 1 is 0.958 bits per heavy atom. The smallest absolute Gasteiger partial charge is 0.219 e. The highest BCUT2D eigenvalue weighted by atomic mass is 16.5. The van der Waals surface area contributed by atoms with Gasteiger partial charge in [0.15, 0.2) is 0 Å². The molecule has 2 aromatic heterocycles. The van der Waals surface area contributed by atoms with Crippen LogP contribution in [0.4, 0.5) is 0 Å². The van der Waals surface area contributed by atoms with Gasteiger partial charge in [0.1, 0.15) is 29.6 Å². The van der Waals surface area contributed by atoms with E-state index >= 15 is 0 Å². The summed E-state index contributed by atoms with van der Waals surface area (Å²) in [6.45, 7) is 0.430. The number of ether oxygens (including phenoxy) is 2. The molecule has 0 aliphatic heterocycles. The lowest BCUT2D eigenvalue weighted by Crippen LogP contribution is -2.04. The number of fused-ring (bicyclic) bond motifs is 1. The molecule has 0 saturated heterocycles. The zero-order valence-electron chi connectivity index (χ0n) is 13.3. The first-order valence-electron chi connectivity index (χ1n) is 8.16. The number of aromatic nitrogens is 2. The third-order valence-corrected chi connectivity index (χ3v) is 4.09. The number of pyridine rings is 1. The summed E-state index contributed by atoms with van der Waals surface area (Å²) in [5.41, 5.74) is 2.15. The van der Waals surface area contributed by atoms with Gasteiger partial charge >= 0.3 is 0 Å². The lowest BCUT2D eigenvalue weighted by atomic mass is 9.97. The lowest BCUT2D eigenvalue weighted by molar-refractivity contribution is 0.286. The third kappa shape index (κ3) is 3.25. The molecular formula is C19H18N2O3. The van der Waals surface area contributed by atoms with Crippen LogP contribution in [0.3, 0.4) is 0 Å². The van der Waals surface area contributed by atoms with Crippen LogP contribution in [0.25, 0.3) is 0 Å². The Morgan fingerprint density at radius 3 is 2.62 bits per heavy atom. The monoisotopic (exact) mass is 322 g/mol. The van der Waals surface area contributed by atoms with E-state index in [-0.39, 0.29) is 0 Å². The van der Waals surface area contributed by atoms with Crippen LogP contribution in [-0.4, -0.2) is 10.1 Å². The van der Waals surface area contributed by atoms with Crippen molar-refractivity contribution in [3.63, 3.8) is 0 Å². The van der Waals surface area contributed by atoms with Gasteiger partial charge in [0.25, 0.3) is 0 Å². The largest absolute Gasteiger partial charge is 0.487 e. The first-order chi connectivity index (χ1) is 11.9. The minimum absolute atomic E-state index is 0.430. The predicted molar refractivity (Wildman–Crippen MR) is 88.2 cm³/mol. The van der Waals surface area contributed by atoms with Crippen LogP contribution in [0, 0.1) is 0 Å². The molecule has 0 bridgehead atoms. The molecule has 5 heteroatoms. The molecule has 0 atom stereocenters. The van der Waals surface area contributed by atoms with E-state index in [1.807, 2.05) is 42.5 Å². The molecule has 3 aromatic rings. The third-order valence-electron chi connectivity index (χ3n) is 4.09. The maximum absolute atomic E-state index is 5.83. The van der Waals surface area contributed by atoms with Gasteiger partial charge in [-0.3, -0.25) is 0 Å². The molecule has 2 heterocycles. The minimum atomic E-state index is 0.430. The van der Waals surface area contributed by atoms with Gasteiger partial charge in [0.2, 0.25) is 5.88 Å². The van der Waals surface area contributed by atoms with Gasteiger partial charge in [-0.25, -0.2) is 4.98 Å². The molecule has 24 heavy (non-hydrogen) atoms. The van der Waals surface area contributed by atoms with Crippen molar-refractivity contribution in [1.82, 2.24) is 10.1 Å². The summed E-state index contributed by atoms with van der Waals surface area (Å²) in [6.07, 6.45) is 6.10. The van der Waals surface area contributed by atoms with Gasteiger partial charge in [-0.2, -0.15) is 0 Å². The summed E-state index contributed by atoms with van der Waals surface area (Å²) < 4.78 is 16.9. The van der Waals surface area contributed by atoms with E-state index in [9.17, 15) is 0 Å². The predicted octanol–water partition coefficient (Wildman–Crippen LogP) is 4.32. The second-order valence-corrected chi connectivity index (χ2v) is 5.77. The zero-order valence-corrected chi connectivity index (χ0v) is 13.3. The minimum Gasteiger partial charge on any atom is -0.487 e. The van der Waals surface area contributed by atoms with E-state index in [0.717, 1.165) is 35.8 Å².